The van der Waals surface area contributed by atoms with Crippen LogP contribution in [0.2, 0.25) is 5.02 Å². The minimum Gasteiger partial charge on any atom is -0.299 e. The lowest BCUT2D eigenvalue weighted by atomic mass is 9.95. The van der Waals surface area contributed by atoms with Crippen molar-refractivity contribution in [2.45, 2.75) is 18.2 Å². The lowest BCUT2D eigenvalue weighted by Crippen LogP contribution is -2.33. The van der Waals surface area contributed by atoms with Gasteiger partial charge in [0.15, 0.2) is 0 Å². The summed E-state index contributed by atoms with van der Waals surface area (Å²) in [6.45, 7) is 1.37. The van der Waals surface area contributed by atoms with Crippen LogP contribution in [-0.2, 0) is 15.8 Å². The molecule has 0 spiro atoms. The van der Waals surface area contributed by atoms with E-state index in [1.165, 1.54) is 0 Å². The monoisotopic (exact) mass is 379 g/mol. The molecule has 1 aliphatic rings. The number of halogens is 1. The summed E-state index contributed by atoms with van der Waals surface area (Å²) in [5, 5.41) is 0.543. The van der Waals surface area contributed by atoms with Gasteiger partial charge in [-0.25, -0.2) is 13.1 Å². The number of nitrogens with one attached hydrogen (secondary N) is 1. The standard InChI is InChI=1S/C18H22ClN3O2S/c1-22-9-7-16(18(22)15-5-3-8-20-11-15)12-21-25(23,24)13-14-4-2-6-17(19)10-14/h2-6,8,10-11,16,18,21H,7,9,12-13H2,1H3/t16-,18-/m0/s1. The van der Waals surface area contributed by atoms with Gasteiger partial charge in [0.25, 0.3) is 0 Å². The maximum atomic E-state index is 12.4. The molecule has 0 unspecified atom stereocenters. The summed E-state index contributed by atoms with van der Waals surface area (Å²) in [7, 11) is -1.34. The molecule has 1 aliphatic heterocycles. The highest BCUT2D eigenvalue weighted by Gasteiger charge is 2.33. The Morgan fingerprint density at radius 3 is 2.88 bits per heavy atom. The largest absolute Gasteiger partial charge is 0.299 e. The first-order valence-electron chi connectivity index (χ1n) is 8.26. The fourth-order valence-corrected chi connectivity index (χ4v) is 4.85. The predicted octanol–water partition coefficient (Wildman–Crippen LogP) is 2.85. The highest BCUT2D eigenvalue weighted by molar-refractivity contribution is 7.88. The number of benzene rings is 1. The Balaban J connectivity index is 1.65. The van der Waals surface area contributed by atoms with Crippen LogP contribution in [0.5, 0.6) is 0 Å². The Hall–Kier alpha value is -1.47. The van der Waals surface area contributed by atoms with E-state index in [0.29, 0.717) is 17.1 Å². The number of pyridine rings is 1. The number of rotatable bonds is 6. The lowest BCUT2D eigenvalue weighted by Gasteiger charge is -2.25. The Morgan fingerprint density at radius 2 is 2.16 bits per heavy atom. The van der Waals surface area contributed by atoms with E-state index < -0.39 is 10.0 Å². The van der Waals surface area contributed by atoms with Gasteiger partial charge in [-0.1, -0.05) is 29.8 Å². The van der Waals surface area contributed by atoms with Crippen LogP contribution in [0.1, 0.15) is 23.6 Å². The van der Waals surface area contributed by atoms with Gasteiger partial charge in [-0.05, 0) is 55.3 Å². The van der Waals surface area contributed by atoms with Crippen molar-refractivity contribution >= 4 is 21.6 Å². The molecule has 1 fully saturated rings. The van der Waals surface area contributed by atoms with Crippen LogP contribution in [0.25, 0.3) is 0 Å². The molecule has 3 rings (SSSR count). The molecular weight excluding hydrogens is 358 g/mol. The highest BCUT2D eigenvalue weighted by Crippen LogP contribution is 2.35. The van der Waals surface area contributed by atoms with E-state index in [2.05, 4.69) is 21.7 Å². The molecule has 0 bridgehead atoms. The number of likely N-dealkylation sites (tertiary alicyclic amines) is 1. The molecule has 0 amide bonds. The Kier molecular flexibility index (Phi) is 5.74. The number of hydrogen-bond donors (Lipinski definition) is 1. The molecule has 134 valence electrons. The molecular formula is C18H22ClN3O2S. The minimum absolute atomic E-state index is 0.0618. The van der Waals surface area contributed by atoms with E-state index in [-0.39, 0.29) is 17.7 Å². The second-order valence-electron chi connectivity index (χ2n) is 6.50. The number of sulfonamides is 1. The van der Waals surface area contributed by atoms with Gasteiger partial charge in [-0.3, -0.25) is 9.88 Å². The Morgan fingerprint density at radius 1 is 1.32 bits per heavy atom. The van der Waals surface area contributed by atoms with Crippen molar-refractivity contribution < 1.29 is 8.42 Å². The van der Waals surface area contributed by atoms with Gasteiger partial charge in [0.1, 0.15) is 0 Å². The quantitative estimate of drug-likeness (QED) is 0.838. The summed E-state index contributed by atoms with van der Waals surface area (Å²) >= 11 is 5.93. The smallest absolute Gasteiger partial charge is 0.215 e. The van der Waals surface area contributed by atoms with E-state index in [9.17, 15) is 8.42 Å². The van der Waals surface area contributed by atoms with Crippen molar-refractivity contribution in [3.05, 3.63) is 64.9 Å². The zero-order chi connectivity index (χ0) is 17.9. The fraction of sp³-hybridized carbons (Fsp3) is 0.389. The first-order chi connectivity index (χ1) is 11.9. The van der Waals surface area contributed by atoms with Crippen LogP contribution in [0.4, 0.5) is 0 Å². The van der Waals surface area contributed by atoms with Gasteiger partial charge < -0.3 is 0 Å². The summed E-state index contributed by atoms with van der Waals surface area (Å²) in [6, 6.07) is 11.1. The lowest BCUT2D eigenvalue weighted by molar-refractivity contribution is 0.276. The molecule has 1 aromatic heterocycles. The van der Waals surface area contributed by atoms with Crippen molar-refractivity contribution in [2.75, 3.05) is 20.1 Å². The van der Waals surface area contributed by atoms with Crippen molar-refractivity contribution in [1.29, 1.82) is 0 Å². The van der Waals surface area contributed by atoms with Crippen LogP contribution in [0.3, 0.4) is 0 Å². The third kappa shape index (κ3) is 4.79. The minimum atomic E-state index is -3.40. The fourth-order valence-electron chi connectivity index (χ4n) is 3.45. The second kappa shape index (κ2) is 7.83. The molecule has 0 radical (unpaired) electrons. The van der Waals surface area contributed by atoms with Crippen molar-refractivity contribution in [1.82, 2.24) is 14.6 Å². The average molecular weight is 380 g/mol. The normalized spacial score (nSPS) is 21.5. The summed E-state index contributed by atoms with van der Waals surface area (Å²) in [4.78, 5) is 6.45. The van der Waals surface area contributed by atoms with Crippen molar-refractivity contribution in [3.8, 4) is 0 Å². The second-order valence-corrected chi connectivity index (χ2v) is 8.74. The Bertz CT molecular complexity index is 814. The van der Waals surface area contributed by atoms with Gasteiger partial charge in [0.2, 0.25) is 10.0 Å². The molecule has 1 N–H and O–H groups in total. The molecule has 2 heterocycles. The maximum Gasteiger partial charge on any atom is 0.215 e. The molecule has 1 saturated heterocycles. The van der Waals surface area contributed by atoms with E-state index in [1.807, 2.05) is 18.3 Å². The summed E-state index contributed by atoms with van der Waals surface area (Å²) < 4.78 is 27.6. The molecule has 7 heteroatoms. The van der Waals surface area contributed by atoms with E-state index in [0.717, 1.165) is 18.5 Å². The van der Waals surface area contributed by atoms with E-state index >= 15 is 0 Å². The van der Waals surface area contributed by atoms with Crippen LogP contribution >= 0.6 is 11.6 Å². The SMILES string of the molecule is CN1CC[C@@H](CNS(=O)(=O)Cc2cccc(Cl)c2)[C@@H]1c1cccnc1. The topological polar surface area (TPSA) is 62.3 Å². The van der Waals surface area contributed by atoms with Crippen LogP contribution in [-0.4, -0.2) is 38.4 Å². The first kappa shape index (κ1) is 18.3. The average Bonchev–Trinajstić information content (AvgIpc) is 2.94. The third-order valence-electron chi connectivity index (χ3n) is 4.61. The van der Waals surface area contributed by atoms with Gasteiger partial charge in [-0.15, -0.1) is 0 Å². The van der Waals surface area contributed by atoms with Gasteiger partial charge in [0.05, 0.1) is 5.75 Å². The molecule has 2 aromatic rings. The molecule has 0 saturated carbocycles. The molecule has 2 atom stereocenters. The van der Waals surface area contributed by atoms with Gasteiger partial charge in [0, 0.05) is 30.0 Å². The van der Waals surface area contributed by atoms with Crippen LogP contribution in [0, 0.1) is 5.92 Å². The Labute approximate surface area is 154 Å². The summed E-state index contributed by atoms with van der Waals surface area (Å²) in [5.74, 6) is 0.163. The van der Waals surface area contributed by atoms with E-state index in [1.54, 1.807) is 30.5 Å². The number of hydrogen-bond acceptors (Lipinski definition) is 4. The van der Waals surface area contributed by atoms with Gasteiger partial charge in [-0.2, -0.15) is 0 Å². The predicted molar refractivity (Wildman–Crippen MR) is 99.8 cm³/mol. The van der Waals surface area contributed by atoms with Gasteiger partial charge >= 0.3 is 0 Å². The van der Waals surface area contributed by atoms with Crippen LogP contribution in [0.15, 0.2) is 48.8 Å². The first-order valence-corrected chi connectivity index (χ1v) is 10.3. The number of aromatic nitrogens is 1. The molecule has 0 aliphatic carbocycles. The zero-order valence-corrected chi connectivity index (χ0v) is 15.7. The number of nitrogens with zero attached hydrogens (tertiary/aromatic N) is 2. The zero-order valence-electron chi connectivity index (χ0n) is 14.1. The van der Waals surface area contributed by atoms with E-state index in [4.69, 9.17) is 11.6 Å². The highest BCUT2D eigenvalue weighted by atomic mass is 35.5. The molecule has 25 heavy (non-hydrogen) atoms. The van der Waals surface area contributed by atoms with Crippen molar-refractivity contribution in [2.24, 2.45) is 5.92 Å². The maximum absolute atomic E-state index is 12.4. The summed E-state index contributed by atoms with van der Waals surface area (Å²) in [5.41, 5.74) is 1.81. The molecule has 5 nitrogen and oxygen atoms in total. The van der Waals surface area contributed by atoms with Crippen LogP contribution < -0.4 is 4.72 Å². The third-order valence-corrected chi connectivity index (χ3v) is 6.17. The summed E-state index contributed by atoms with van der Waals surface area (Å²) in [6.07, 6.45) is 4.57. The van der Waals surface area contributed by atoms with Crippen molar-refractivity contribution in [3.63, 3.8) is 0 Å². The molecule has 1 aromatic carbocycles.